The van der Waals surface area contributed by atoms with Crippen LogP contribution in [0.2, 0.25) is 0 Å². The molecule has 0 aliphatic rings. The fourth-order valence-electron chi connectivity index (χ4n) is 2.31. The number of thioether (sulfide) groups is 1. The van der Waals surface area contributed by atoms with Crippen LogP contribution < -0.4 is 5.32 Å². The highest BCUT2D eigenvalue weighted by Gasteiger charge is 2.10. The molecule has 0 fully saturated rings. The summed E-state index contributed by atoms with van der Waals surface area (Å²) in [4.78, 5) is 12.0. The van der Waals surface area contributed by atoms with Crippen LogP contribution in [0.15, 0.2) is 58.2 Å². The molecule has 0 radical (unpaired) electrons. The highest BCUT2D eigenvalue weighted by atomic mass is 32.2. The molecule has 0 atom stereocenters. The molecule has 0 saturated heterocycles. The normalized spacial score (nSPS) is 10.6. The maximum absolute atomic E-state index is 12.0. The van der Waals surface area contributed by atoms with Crippen molar-refractivity contribution in [3.8, 4) is 0 Å². The second-order valence-corrected chi connectivity index (χ2v) is 6.66. The van der Waals surface area contributed by atoms with E-state index < -0.39 is 0 Å². The number of rotatable bonds is 6. The number of amides is 1. The molecule has 0 aliphatic heterocycles. The highest BCUT2D eigenvalue weighted by molar-refractivity contribution is 7.98. The summed E-state index contributed by atoms with van der Waals surface area (Å²) in [5.41, 5.74) is 4.33. The van der Waals surface area contributed by atoms with Gasteiger partial charge >= 0.3 is 0 Å². The van der Waals surface area contributed by atoms with Gasteiger partial charge in [-0.3, -0.25) is 4.79 Å². The summed E-state index contributed by atoms with van der Waals surface area (Å²) in [6.07, 6.45) is 0. The SMILES string of the molecule is Cc1ccc(C)c(CSc2nnc(CNC(=O)c3ccccc3)o2)c1. The van der Waals surface area contributed by atoms with Crippen LogP contribution in [0.1, 0.15) is 32.9 Å². The van der Waals surface area contributed by atoms with Gasteiger partial charge in [0.2, 0.25) is 5.89 Å². The van der Waals surface area contributed by atoms with Crippen LogP contribution in [-0.4, -0.2) is 16.1 Å². The van der Waals surface area contributed by atoms with Gasteiger partial charge in [-0.05, 0) is 37.1 Å². The molecule has 25 heavy (non-hydrogen) atoms. The third-order valence-corrected chi connectivity index (χ3v) is 4.61. The molecule has 0 saturated carbocycles. The monoisotopic (exact) mass is 353 g/mol. The first-order valence-corrected chi connectivity index (χ1v) is 8.95. The van der Waals surface area contributed by atoms with Crippen LogP contribution >= 0.6 is 11.8 Å². The van der Waals surface area contributed by atoms with E-state index in [-0.39, 0.29) is 12.5 Å². The topological polar surface area (TPSA) is 68.0 Å². The zero-order valence-electron chi connectivity index (χ0n) is 14.2. The number of carbonyl (C=O) groups is 1. The zero-order chi connectivity index (χ0) is 17.6. The molecule has 6 heteroatoms. The summed E-state index contributed by atoms with van der Waals surface area (Å²) in [5.74, 6) is 1.00. The Bertz CT molecular complexity index is 862. The van der Waals surface area contributed by atoms with Gasteiger partial charge in [-0.25, -0.2) is 0 Å². The number of carbonyl (C=O) groups excluding carboxylic acids is 1. The molecular weight excluding hydrogens is 334 g/mol. The first-order chi connectivity index (χ1) is 12.1. The van der Waals surface area contributed by atoms with Gasteiger partial charge in [0.1, 0.15) is 0 Å². The molecule has 3 aromatic rings. The van der Waals surface area contributed by atoms with Crippen LogP contribution in [0.3, 0.4) is 0 Å². The minimum absolute atomic E-state index is 0.164. The lowest BCUT2D eigenvalue weighted by molar-refractivity contribution is 0.0946. The number of benzene rings is 2. The highest BCUT2D eigenvalue weighted by Crippen LogP contribution is 2.24. The summed E-state index contributed by atoms with van der Waals surface area (Å²) < 4.78 is 5.59. The van der Waals surface area contributed by atoms with Crippen molar-refractivity contribution in [1.29, 1.82) is 0 Å². The van der Waals surface area contributed by atoms with Gasteiger partial charge in [-0.15, -0.1) is 10.2 Å². The van der Waals surface area contributed by atoms with E-state index in [1.54, 1.807) is 12.1 Å². The molecule has 0 spiro atoms. The van der Waals surface area contributed by atoms with Crippen molar-refractivity contribution in [2.24, 2.45) is 0 Å². The van der Waals surface area contributed by atoms with E-state index in [4.69, 9.17) is 4.42 Å². The van der Waals surface area contributed by atoms with Gasteiger partial charge in [0.15, 0.2) is 0 Å². The summed E-state index contributed by atoms with van der Waals surface area (Å²) in [5, 5.41) is 11.3. The lowest BCUT2D eigenvalue weighted by Gasteiger charge is -2.04. The summed E-state index contributed by atoms with van der Waals surface area (Å²) in [7, 11) is 0. The largest absolute Gasteiger partial charge is 0.414 e. The molecule has 1 heterocycles. The maximum atomic E-state index is 12.0. The third kappa shape index (κ3) is 4.70. The van der Waals surface area contributed by atoms with E-state index in [0.717, 1.165) is 5.75 Å². The standard InChI is InChI=1S/C19H19N3O2S/c1-13-8-9-14(2)16(10-13)12-25-19-22-21-17(24-19)11-20-18(23)15-6-4-3-5-7-15/h3-10H,11-12H2,1-2H3,(H,20,23). The molecule has 128 valence electrons. The van der Waals surface area contributed by atoms with Crippen molar-refractivity contribution in [2.75, 3.05) is 0 Å². The van der Waals surface area contributed by atoms with Gasteiger partial charge in [-0.1, -0.05) is 53.7 Å². The van der Waals surface area contributed by atoms with Crippen LogP contribution in [0.4, 0.5) is 0 Å². The number of nitrogens with zero attached hydrogens (tertiary/aromatic N) is 2. The van der Waals surface area contributed by atoms with E-state index in [9.17, 15) is 4.79 Å². The molecule has 5 nitrogen and oxygen atoms in total. The second-order valence-electron chi connectivity index (χ2n) is 5.73. The summed E-state index contributed by atoms with van der Waals surface area (Å²) >= 11 is 1.49. The quantitative estimate of drug-likeness (QED) is 0.681. The molecule has 1 N–H and O–H groups in total. The molecule has 1 amide bonds. The van der Waals surface area contributed by atoms with Crippen molar-refractivity contribution < 1.29 is 9.21 Å². The second kappa shape index (κ2) is 7.98. The average Bonchev–Trinajstić information content (AvgIpc) is 3.09. The van der Waals surface area contributed by atoms with Crippen LogP contribution in [0.25, 0.3) is 0 Å². The zero-order valence-corrected chi connectivity index (χ0v) is 15.0. The van der Waals surface area contributed by atoms with Gasteiger partial charge < -0.3 is 9.73 Å². The number of aryl methyl sites for hydroxylation is 2. The molecule has 1 aromatic heterocycles. The van der Waals surface area contributed by atoms with Crippen LogP contribution in [0.5, 0.6) is 0 Å². The van der Waals surface area contributed by atoms with Gasteiger partial charge in [-0.2, -0.15) is 0 Å². The molecule has 3 rings (SSSR count). The minimum atomic E-state index is -0.164. The Balaban J connectivity index is 1.54. The van der Waals surface area contributed by atoms with Crippen molar-refractivity contribution in [3.63, 3.8) is 0 Å². The lowest BCUT2D eigenvalue weighted by atomic mass is 10.1. The van der Waals surface area contributed by atoms with Crippen LogP contribution in [-0.2, 0) is 12.3 Å². The smallest absolute Gasteiger partial charge is 0.276 e. The molecule has 2 aromatic carbocycles. The number of nitrogens with one attached hydrogen (secondary N) is 1. The lowest BCUT2D eigenvalue weighted by Crippen LogP contribution is -2.22. The Morgan fingerprint density at radius 2 is 1.92 bits per heavy atom. The Kier molecular flexibility index (Phi) is 5.50. The fraction of sp³-hybridized carbons (Fsp3) is 0.211. The van der Waals surface area contributed by atoms with E-state index in [0.29, 0.717) is 16.7 Å². The van der Waals surface area contributed by atoms with Gasteiger partial charge in [0, 0.05) is 11.3 Å². The molecule has 0 unspecified atom stereocenters. The minimum Gasteiger partial charge on any atom is -0.414 e. The number of hydrogen-bond donors (Lipinski definition) is 1. The van der Waals surface area contributed by atoms with Crippen molar-refractivity contribution >= 4 is 17.7 Å². The molecule has 0 bridgehead atoms. The Morgan fingerprint density at radius 3 is 2.72 bits per heavy atom. The van der Waals surface area contributed by atoms with E-state index in [1.165, 1.54) is 28.5 Å². The summed E-state index contributed by atoms with van der Waals surface area (Å²) in [6, 6.07) is 15.4. The first-order valence-electron chi connectivity index (χ1n) is 7.96. The van der Waals surface area contributed by atoms with E-state index >= 15 is 0 Å². The third-order valence-electron chi connectivity index (χ3n) is 3.74. The maximum Gasteiger partial charge on any atom is 0.276 e. The Hall–Kier alpha value is -2.60. The summed E-state index contributed by atoms with van der Waals surface area (Å²) in [6.45, 7) is 4.38. The van der Waals surface area contributed by atoms with Crippen molar-refractivity contribution in [1.82, 2.24) is 15.5 Å². The van der Waals surface area contributed by atoms with Crippen molar-refractivity contribution in [2.45, 2.75) is 31.4 Å². The average molecular weight is 353 g/mol. The van der Waals surface area contributed by atoms with Crippen molar-refractivity contribution in [3.05, 3.63) is 76.7 Å². The number of hydrogen-bond acceptors (Lipinski definition) is 5. The van der Waals surface area contributed by atoms with Crippen LogP contribution in [0, 0.1) is 13.8 Å². The Labute approximate surface area is 150 Å². The van der Waals surface area contributed by atoms with Gasteiger partial charge in [0.05, 0.1) is 6.54 Å². The number of aromatic nitrogens is 2. The van der Waals surface area contributed by atoms with Gasteiger partial charge in [0.25, 0.3) is 11.1 Å². The van der Waals surface area contributed by atoms with E-state index in [1.807, 2.05) is 18.2 Å². The predicted molar refractivity (Wildman–Crippen MR) is 97.4 cm³/mol. The Morgan fingerprint density at radius 1 is 1.12 bits per heavy atom. The molecular formula is C19H19N3O2S. The molecule has 0 aliphatic carbocycles. The van der Waals surface area contributed by atoms with E-state index in [2.05, 4.69) is 47.6 Å². The predicted octanol–water partition coefficient (Wildman–Crippen LogP) is 3.91. The fourth-order valence-corrected chi connectivity index (χ4v) is 3.15. The first kappa shape index (κ1) is 17.2.